The van der Waals surface area contributed by atoms with Crippen molar-refractivity contribution >= 4 is 15.9 Å². The third-order valence-electron chi connectivity index (χ3n) is 4.19. The Morgan fingerprint density at radius 1 is 1.52 bits per heavy atom. The standard InChI is InChI=1S/C14H25BrN4O2/c1-3-21-14(6-4-5-7-14)13(18-16)12-11(15)10-17-19(12)8-9-20-2/h10,13,18H,3-9,16H2,1-2H3. The van der Waals surface area contributed by atoms with Crippen LogP contribution in [0.4, 0.5) is 0 Å². The first-order valence-corrected chi connectivity index (χ1v) is 8.28. The Bertz CT molecular complexity index is 446. The van der Waals surface area contributed by atoms with Gasteiger partial charge in [0.25, 0.3) is 0 Å². The van der Waals surface area contributed by atoms with Gasteiger partial charge in [-0.25, -0.2) is 5.43 Å². The van der Waals surface area contributed by atoms with Crippen LogP contribution in [0.1, 0.15) is 44.3 Å². The quantitative estimate of drug-likeness (QED) is 0.548. The van der Waals surface area contributed by atoms with Crippen LogP contribution < -0.4 is 11.3 Å². The van der Waals surface area contributed by atoms with Crippen molar-refractivity contribution in [2.75, 3.05) is 20.3 Å². The first kappa shape index (κ1) is 16.9. The highest BCUT2D eigenvalue weighted by Crippen LogP contribution is 2.44. The summed E-state index contributed by atoms with van der Waals surface area (Å²) in [6.45, 7) is 4.02. The average Bonchev–Trinajstić information content (AvgIpc) is 3.08. The molecule has 0 bridgehead atoms. The lowest BCUT2D eigenvalue weighted by molar-refractivity contribution is -0.0649. The van der Waals surface area contributed by atoms with Gasteiger partial charge in [0.1, 0.15) is 0 Å². The van der Waals surface area contributed by atoms with Gasteiger partial charge >= 0.3 is 0 Å². The number of nitrogens with one attached hydrogen (secondary N) is 1. The van der Waals surface area contributed by atoms with Crippen molar-refractivity contribution in [2.45, 2.75) is 50.8 Å². The van der Waals surface area contributed by atoms with Gasteiger partial charge in [-0.05, 0) is 35.7 Å². The zero-order chi connectivity index (χ0) is 15.3. The number of ether oxygens (including phenoxy) is 2. The first-order valence-electron chi connectivity index (χ1n) is 7.48. The number of rotatable bonds is 8. The van der Waals surface area contributed by atoms with E-state index in [1.807, 2.05) is 17.8 Å². The lowest BCUT2D eigenvalue weighted by atomic mass is 9.89. The van der Waals surface area contributed by atoms with Crippen molar-refractivity contribution < 1.29 is 9.47 Å². The van der Waals surface area contributed by atoms with E-state index in [1.54, 1.807) is 7.11 Å². The van der Waals surface area contributed by atoms with E-state index in [2.05, 4.69) is 26.5 Å². The SMILES string of the molecule is CCOC1(C(NN)c2c(Br)cnn2CCOC)CCCC1. The molecule has 21 heavy (non-hydrogen) atoms. The average molecular weight is 361 g/mol. The fourth-order valence-electron chi connectivity index (χ4n) is 3.27. The number of aromatic nitrogens is 2. The number of halogens is 1. The Morgan fingerprint density at radius 3 is 2.81 bits per heavy atom. The summed E-state index contributed by atoms with van der Waals surface area (Å²) in [6, 6.07) is -0.0892. The number of hydrogen-bond acceptors (Lipinski definition) is 5. The highest BCUT2D eigenvalue weighted by atomic mass is 79.9. The van der Waals surface area contributed by atoms with Crippen molar-refractivity contribution in [3.05, 3.63) is 16.4 Å². The summed E-state index contributed by atoms with van der Waals surface area (Å²) in [5.74, 6) is 5.90. The minimum Gasteiger partial charge on any atom is -0.383 e. The van der Waals surface area contributed by atoms with Crippen LogP contribution in [-0.4, -0.2) is 35.7 Å². The first-order chi connectivity index (χ1) is 10.2. The molecule has 120 valence electrons. The van der Waals surface area contributed by atoms with Crippen LogP contribution in [0.15, 0.2) is 10.7 Å². The van der Waals surface area contributed by atoms with Gasteiger partial charge in [-0.2, -0.15) is 5.10 Å². The molecule has 1 saturated carbocycles. The van der Waals surface area contributed by atoms with Gasteiger partial charge in [0, 0.05) is 13.7 Å². The third kappa shape index (κ3) is 3.48. The second-order valence-corrected chi connectivity index (χ2v) is 6.25. The molecule has 1 atom stereocenters. The van der Waals surface area contributed by atoms with E-state index in [1.165, 1.54) is 12.8 Å². The molecule has 6 nitrogen and oxygen atoms in total. The minimum atomic E-state index is -0.253. The van der Waals surface area contributed by atoms with Gasteiger partial charge in [0.15, 0.2) is 0 Å². The molecule has 1 aromatic heterocycles. The summed E-state index contributed by atoms with van der Waals surface area (Å²) in [5.41, 5.74) is 3.75. The van der Waals surface area contributed by atoms with Gasteiger partial charge in [0.05, 0.1) is 41.2 Å². The van der Waals surface area contributed by atoms with Crippen molar-refractivity contribution in [1.82, 2.24) is 15.2 Å². The summed E-state index contributed by atoms with van der Waals surface area (Å²) in [7, 11) is 1.69. The van der Waals surface area contributed by atoms with E-state index in [0.29, 0.717) is 19.8 Å². The van der Waals surface area contributed by atoms with Crippen LogP contribution in [0.5, 0.6) is 0 Å². The van der Waals surface area contributed by atoms with Crippen LogP contribution in [0.3, 0.4) is 0 Å². The van der Waals surface area contributed by atoms with E-state index in [4.69, 9.17) is 15.3 Å². The molecule has 0 spiro atoms. The lowest BCUT2D eigenvalue weighted by Crippen LogP contribution is -2.48. The molecule has 0 aromatic carbocycles. The summed E-state index contributed by atoms with van der Waals surface area (Å²) >= 11 is 3.60. The summed E-state index contributed by atoms with van der Waals surface area (Å²) in [6.07, 6.45) is 6.17. The molecule has 0 aliphatic heterocycles. The number of methoxy groups -OCH3 is 1. The van der Waals surface area contributed by atoms with E-state index < -0.39 is 0 Å². The molecule has 1 fully saturated rings. The van der Waals surface area contributed by atoms with Crippen LogP contribution in [0.2, 0.25) is 0 Å². The molecular weight excluding hydrogens is 336 g/mol. The topological polar surface area (TPSA) is 74.3 Å². The van der Waals surface area contributed by atoms with E-state index in [0.717, 1.165) is 23.0 Å². The monoisotopic (exact) mass is 360 g/mol. The predicted molar refractivity (Wildman–Crippen MR) is 84.7 cm³/mol. The van der Waals surface area contributed by atoms with Crippen LogP contribution in [0, 0.1) is 0 Å². The van der Waals surface area contributed by atoms with Crippen LogP contribution in [-0.2, 0) is 16.0 Å². The molecule has 0 radical (unpaired) electrons. The number of hydrogen-bond donors (Lipinski definition) is 2. The Hall–Kier alpha value is -0.470. The van der Waals surface area contributed by atoms with Gasteiger partial charge in [-0.15, -0.1) is 0 Å². The number of nitrogens with zero attached hydrogens (tertiary/aromatic N) is 2. The van der Waals surface area contributed by atoms with E-state index in [-0.39, 0.29) is 11.6 Å². The molecule has 1 aromatic rings. The maximum Gasteiger partial charge on any atom is 0.0929 e. The highest BCUT2D eigenvalue weighted by molar-refractivity contribution is 9.10. The summed E-state index contributed by atoms with van der Waals surface area (Å²) in [5, 5.41) is 4.42. The predicted octanol–water partition coefficient (Wildman–Crippen LogP) is 2.15. The fourth-order valence-corrected chi connectivity index (χ4v) is 3.80. The molecule has 2 rings (SSSR count). The zero-order valence-electron chi connectivity index (χ0n) is 12.8. The largest absolute Gasteiger partial charge is 0.383 e. The van der Waals surface area contributed by atoms with Gasteiger partial charge in [-0.3, -0.25) is 10.5 Å². The number of hydrazine groups is 1. The van der Waals surface area contributed by atoms with E-state index >= 15 is 0 Å². The van der Waals surface area contributed by atoms with Gasteiger partial charge < -0.3 is 9.47 Å². The Labute approximate surface area is 134 Å². The molecule has 1 unspecified atom stereocenters. The Kier molecular flexibility index (Phi) is 6.19. The highest BCUT2D eigenvalue weighted by Gasteiger charge is 2.44. The van der Waals surface area contributed by atoms with Crippen LogP contribution in [0.25, 0.3) is 0 Å². The molecule has 0 amide bonds. The Morgan fingerprint density at radius 2 is 2.24 bits per heavy atom. The molecule has 1 heterocycles. The zero-order valence-corrected chi connectivity index (χ0v) is 14.4. The lowest BCUT2D eigenvalue weighted by Gasteiger charge is -2.37. The van der Waals surface area contributed by atoms with E-state index in [9.17, 15) is 0 Å². The summed E-state index contributed by atoms with van der Waals surface area (Å²) < 4.78 is 14.2. The maximum absolute atomic E-state index is 6.15. The summed E-state index contributed by atoms with van der Waals surface area (Å²) in [4.78, 5) is 0. The van der Waals surface area contributed by atoms with Gasteiger partial charge in [0.2, 0.25) is 0 Å². The van der Waals surface area contributed by atoms with Crippen molar-refractivity contribution in [1.29, 1.82) is 0 Å². The molecule has 7 heteroatoms. The van der Waals surface area contributed by atoms with Crippen molar-refractivity contribution in [2.24, 2.45) is 5.84 Å². The molecule has 1 aliphatic carbocycles. The molecular formula is C14H25BrN4O2. The van der Waals surface area contributed by atoms with Gasteiger partial charge in [-0.1, -0.05) is 12.8 Å². The normalized spacial score (nSPS) is 19.0. The van der Waals surface area contributed by atoms with Crippen molar-refractivity contribution in [3.8, 4) is 0 Å². The molecule has 3 N–H and O–H groups in total. The second-order valence-electron chi connectivity index (χ2n) is 5.40. The third-order valence-corrected chi connectivity index (χ3v) is 4.80. The minimum absolute atomic E-state index is 0.0892. The van der Waals surface area contributed by atoms with Crippen molar-refractivity contribution in [3.63, 3.8) is 0 Å². The Balaban J connectivity index is 2.33. The number of nitrogens with two attached hydrogens (primary N) is 1. The fraction of sp³-hybridized carbons (Fsp3) is 0.786. The van der Waals surface area contributed by atoms with Crippen LogP contribution >= 0.6 is 15.9 Å². The molecule has 1 aliphatic rings. The maximum atomic E-state index is 6.15. The second kappa shape index (κ2) is 7.69. The molecule has 0 saturated heterocycles. The smallest absolute Gasteiger partial charge is 0.0929 e.